The van der Waals surface area contributed by atoms with E-state index in [1.807, 2.05) is 43.3 Å². The average Bonchev–Trinajstić information content (AvgIpc) is 2.49. The molecule has 0 radical (unpaired) electrons. The van der Waals surface area contributed by atoms with Crippen LogP contribution in [-0.4, -0.2) is 10.8 Å². The molecule has 0 fully saturated rings. The van der Waals surface area contributed by atoms with Crippen LogP contribution in [0.2, 0.25) is 0 Å². The van der Waals surface area contributed by atoms with Gasteiger partial charge >= 0.3 is 0 Å². The fourth-order valence-electron chi connectivity index (χ4n) is 2.03. The van der Waals surface area contributed by atoms with Crippen molar-refractivity contribution in [1.29, 1.82) is 0 Å². The van der Waals surface area contributed by atoms with Crippen LogP contribution in [0.3, 0.4) is 0 Å². The third-order valence-corrected chi connectivity index (χ3v) is 3.43. The summed E-state index contributed by atoms with van der Waals surface area (Å²) in [5.41, 5.74) is 8.19. The summed E-state index contributed by atoms with van der Waals surface area (Å²) in [5, 5.41) is 8.00. The lowest BCUT2D eigenvalue weighted by Gasteiger charge is -2.13. The quantitative estimate of drug-likeness (QED) is 0.510. The molecule has 3 nitrogen and oxygen atoms in total. The second kappa shape index (κ2) is 6.99. The standard InChI is InChI=1S/C17H19N3S/c1-12-8-7-9-13(2)16(12)18-17(21)20-19-14(3)15-10-5-4-6-11-15/h4-11H,1-3H3,(H2,18,20,21)/b19-14+. The molecule has 0 saturated heterocycles. The van der Waals surface area contributed by atoms with E-state index in [0.29, 0.717) is 5.11 Å². The molecule has 2 N–H and O–H groups in total. The highest BCUT2D eigenvalue weighted by atomic mass is 32.1. The maximum atomic E-state index is 5.29. The van der Waals surface area contributed by atoms with Crippen LogP contribution < -0.4 is 10.7 Å². The number of nitrogens with one attached hydrogen (secondary N) is 2. The number of rotatable bonds is 3. The van der Waals surface area contributed by atoms with Crippen LogP contribution in [-0.2, 0) is 0 Å². The third kappa shape index (κ3) is 4.13. The maximum absolute atomic E-state index is 5.29. The number of hydrazone groups is 1. The molecule has 0 aromatic heterocycles. The summed E-state index contributed by atoms with van der Waals surface area (Å²) in [5.74, 6) is 0. The Morgan fingerprint density at radius 1 is 0.952 bits per heavy atom. The van der Waals surface area contributed by atoms with E-state index in [1.165, 1.54) is 0 Å². The van der Waals surface area contributed by atoms with Crippen LogP contribution in [0.15, 0.2) is 53.6 Å². The van der Waals surface area contributed by atoms with Crippen molar-refractivity contribution in [2.24, 2.45) is 5.10 Å². The van der Waals surface area contributed by atoms with E-state index >= 15 is 0 Å². The van der Waals surface area contributed by atoms with Gasteiger partial charge in [-0.15, -0.1) is 0 Å². The van der Waals surface area contributed by atoms with Gasteiger partial charge in [-0.05, 0) is 49.7 Å². The normalized spacial score (nSPS) is 11.1. The molecule has 0 aliphatic carbocycles. The zero-order valence-corrected chi connectivity index (χ0v) is 13.3. The fraction of sp³-hybridized carbons (Fsp3) is 0.176. The molecule has 2 aromatic carbocycles. The van der Waals surface area contributed by atoms with E-state index in [4.69, 9.17) is 12.2 Å². The third-order valence-electron chi connectivity index (χ3n) is 3.24. The molecule has 0 unspecified atom stereocenters. The van der Waals surface area contributed by atoms with E-state index in [1.54, 1.807) is 0 Å². The van der Waals surface area contributed by atoms with Gasteiger partial charge in [0, 0.05) is 5.69 Å². The highest BCUT2D eigenvalue weighted by Gasteiger charge is 2.04. The van der Waals surface area contributed by atoms with Crippen molar-refractivity contribution in [3.8, 4) is 0 Å². The van der Waals surface area contributed by atoms with Crippen molar-refractivity contribution in [2.75, 3.05) is 5.32 Å². The van der Waals surface area contributed by atoms with Crippen LogP contribution in [0.4, 0.5) is 5.69 Å². The summed E-state index contributed by atoms with van der Waals surface area (Å²) in [6, 6.07) is 16.1. The molecular weight excluding hydrogens is 278 g/mol. The number of hydrogen-bond acceptors (Lipinski definition) is 2. The van der Waals surface area contributed by atoms with Crippen LogP contribution >= 0.6 is 12.2 Å². The van der Waals surface area contributed by atoms with Crippen LogP contribution in [0.5, 0.6) is 0 Å². The summed E-state index contributed by atoms with van der Waals surface area (Å²) < 4.78 is 0. The Labute approximate surface area is 131 Å². The van der Waals surface area contributed by atoms with Gasteiger partial charge < -0.3 is 5.32 Å². The van der Waals surface area contributed by atoms with Gasteiger partial charge in [-0.1, -0.05) is 48.5 Å². The van der Waals surface area contributed by atoms with Gasteiger partial charge in [0.2, 0.25) is 0 Å². The molecule has 0 heterocycles. The Morgan fingerprint density at radius 3 is 2.19 bits per heavy atom. The maximum Gasteiger partial charge on any atom is 0.191 e. The van der Waals surface area contributed by atoms with Crippen LogP contribution in [0.25, 0.3) is 0 Å². The van der Waals surface area contributed by atoms with E-state index in [0.717, 1.165) is 28.1 Å². The molecule has 2 aromatic rings. The van der Waals surface area contributed by atoms with Crippen molar-refractivity contribution in [1.82, 2.24) is 5.43 Å². The van der Waals surface area contributed by atoms with Gasteiger partial charge in [0.05, 0.1) is 5.71 Å². The molecule has 108 valence electrons. The van der Waals surface area contributed by atoms with Crippen molar-refractivity contribution in [3.63, 3.8) is 0 Å². The van der Waals surface area contributed by atoms with Gasteiger partial charge in [0.25, 0.3) is 0 Å². The lowest BCUT2D eigenvalue weighted by atomic mass is 10.1. The molecule has 2 rings (SSSR count). The molecule has 21 heavy (non-hydrogen) atoms. The number of benzene rings is 2. The molecule has 4 heteroatoms. The smallest absolute Gasteiger partial charge is 0.191 e. The molecule has 0 bridgehead atoms. The van der Waals surface area contributed by atoms with Gasteiger partial charge in [-0.3, -0.25) is 5.43 Å². The predicted molar refractivity (Wildman–Crippen MR) is 93.9 cm³/mol. The topological polar surface area (TPSA) is 36.4 Å². The van der Waals surface area contributed by atoms with Crippen LogP contribution in [0, 0.1) is 13.8 Å². The van der Waals surface area contributed by atoms with E-state index in [-0.39, 0.29) is 0 Å². The molecule has 0 atom stereocenters. The number of para-hydroxylation sites is 1. The summed E-state index contributed by atoms with van der Waals surface area (Å²) in [4.78, 5) is 0. The van der Waals surface area contributed by atoms with Gasteiger partial charge in [-0.2, -0.15) is 5.10 Å². The molecule has 0 amide bonds. The van der Waals surface area contributed by atoms with Gasteiger partial charge in [0.1, 0.15) is 0 Å². The van der Waals surface area contributed by atoms with Crippen LogP contribution in [0.1, 0.15) is 23.6 Å². The minimum atomic E-state index is 0.489. The van der Waals surface area contributed by atoms with Crippen molar-refractivity contribution in [2.45, 2.75) is 20.8 Å². The lowest BCUT2D eigenvalue weighted by molar-refractivity contribution is 1.04. The SMILES string of the molecule is C/C(=N\NC(=S)Nc1c(C)cccc1C)c1ccccc1. The Hall–Kier alpha value is -2.20. The van der Waals surface area contributed by atoms with Gasteiger partial charge in [-0.25, -0.2) is 0 Å². The Balaban J connectivity index is 2.03. The second-order valence-electron chi connectivity index (χ2n) is 4.90. The van der Waals surface area contributed by atoms with Crippen molar-refractivity contribution >= 4 is 28.7 Å². The average molecular weight is 297 g/mol. The Kier molecular flexibility index (Phi) is 5.06. The first kappa shape index (κ1) is 15.2. The number of nitrogens with zero attached hydrogens (tertiary/aromatic N) is 1. The highest BCUT2D eigenvalue weighted by molar-refractivity contribution is 7.80. The monoisotopic (exact) mass is 297 g/mol. The molecule has 0 aliphatic heterocycles. The summed E-state index contributed by atoms with van der Waals surface area (Å²) in [7, 11) is 0. The molecule has 0 saturated carbocycles. The van der Waals surface area contributed by atoms with E-state index in [9.17, 15) is 0 Å². The minimum absolute atomic E-state index is 0.489. The first-order valence-electron chi connectivity index (χ1n) is 6.81. The zero-order valence-electron chi connectivity index (χ0n) is 12.5. The second-order valence-corrected chi connectivity index (χ2v) is 5.30. The molecule has 0 aliphatic rings. The number of thiocarbonyl (C=S) groups is 1. The molecular formula is C17H19N3S. The number of aryl methyl sites for hydroxylation is 2. The first-order valence-corrected chi connectivity index (χ1v) is 7.21. The predicted octanol–water partition coefficient (Wildman–Crippen LogP) is 4.01. The van der Waals surface area contributed by atoms with Crippen molar-refractivity contribution < 1.29 is 0 Å². The largest absolute Gasteiger partial charge is 0.331 e. The molecule has 0 spiro atoms. The summed E-state index contributed by atoms with van der Waals surface area (Å²) >= 11 is 5.29. The summed E-state index contributed by atoms with van der Waals surface area (Å²) in [6.07, 6.45) is 0. The number of anilines is 1. The van der Waals surface area contributed by atoms with E-state index in [2.05, 4.69) is 41.8 Å². The lowest BCUT2D eigenvalue weighted by Crippen LogP contribution is -2.25. The number of hydrogen-bond donors (Lipinski definition) is 2. The van der Waals surface area contributed by atoms with E-state index < -0.39 is 0 Å². The fourth-order valence-corrected chi connectivity index (χ4v) is 2.18. The zero-order chi connectivity index (χ0) is 15.2. The Morgan fingerprint density at radius 2 is 1.57 bits per heavy atom. The highest BCUT2D eigenvalue weighted by Crippen LogP contribution is 2.19. The Bertz CT molecular complexity index is 643. The first-order chi connectivity index (χ1) is 10.1. The van der Waals surface area contributed by atoms with Crippen molar-refractivity contribution in [3.05, 3.63) is 65.2 Å². The summed E-state index contributed by atoms with van der Waals surface area (Å²) in [6.45, 7) is 6.05. The van der Waals surface area contributed by atoms with Gasteiger partial charge in [0.15, 0.2) is 5.11 Å². The minimum Gasteiger partial charge on any atom is -0.331 e.